The third kappa shape index (κ3) is 39.3. The number of carbonyl (C=O) groups is 9. The normalized spacial score (nSPS) is 13.9. The molecule has 1 fully saturated rings. The van der Waals surface area contributed by atoms with Crippen LogP contribution in [0.3, 0.4) is 0 Å². The van der Waals surface area contributed by atoms with Crippen LogP contribution in [0.4, 0.5) is 0 Å². The number of aliphatic imine (C=N–C) groups is 1. The van der Waals surface area contributed by atoms with Crippen molar-refractivity contribution < 1.29 is 356 Å². The van der Waals surface area contributed by atoms with E-state index in [0.717, 1.165) is 0 Å². The van der Waals surface area contributed by atoms with Crippen LogP contribution in [-0.2, 0) is 357 Å². The van der Waals surface area contributed by atoms with Crippen molar-refractivity contribution in [1.29, 1.82) is 0 Å². The van der Waals surface area contributed by atoms with Crippen LogP contribution < -0.4 is 43.4 Å². The number of likely N-dealkylation sites (tertiary alicyclic amines) is 1. The maximum Gasteiger partial charge on any atom is 1.00 e. The third-order valence-corrected chi connectivity index (χ3v) is 12.9. The molecule has 14 N–H and O–H groups in total. The predicted molar refractivity (Wildman–Crippen MR) is 303 cm³/mol. The molecule has 33 heteroatoms. The van der Waals surface area contributed by atoms with Gasteiger partial charge in [0, 0.05) is 345 Å². The van der Waals surface area contributed by atoms with Gasteiger partial charge in [-0.25, -0.2) is 9.78 Å². The Labute approximate surface area is 749 Å². The maximum absolute atomic E-state index is 14.6. The Hall–Kier alpha value is 1.89. The summed E-state index contributed by atoms with van der Waals surface area (Å²) in [6.07, 6.45) is 3.29. The van der Waals surface area contributed by atoms with Crippen LogP contribution in [0.25, 0.3) is 0 Å². The Kier molecular flexibility index (Phi) is 74.6. The number of nitrogens with zero attached hydrogens (tertiary/aromatic N) is 3. The minimum atomic E-state index is -1.41. The summed E-state index contributed by atoms with van der Waals surface area (Å²) in [5.41, 5.74) is 12.5. The van der Waals surface area contributed by atoms with Gasteiger partial charge in [-0.05, 0) is 60.8 Å². The van der Waals surface area contributed by atoms with Gasteiger partial charge in [0.05, 0.1) is 12.7 Å². The zero-order valence-corrected chi connectivity index (χ0v) is 73.7. The number of benzene rings is 2. The van der Waals surface area contributed by atoms with Crippen molar-refractivity contribution in [2.45, 2.75) is 164 Å². The van der Waals surface area contributed by atoms with E-state index >= 15 is 0 Å². The monoisotopic (exact) mass is 1910 g/mol. The van der Waals surface area contributed by atoms with E-state index in [-0.39, 0.29) is 390 Å². The molecule has 0 bridgehead atoms. The number of amides is 7. The van der Waals surface area contributed by atoms with Gasteiger partial charge in [-0.3, -0.25) is 43.3 Å². The smallest absolute Gasteiger partial charge is 0.508 e. The summed E-state index contributed by atoms with van der Waals surface area (Å²) in [4.78, 5) is 135. The number of phenolic OH excluding ortho intramolecular Hbond substituents is 1. The molecular weight excluding hydrogens is 1820 g/mol. The van der Waals surface area contributed by atoms with Gasteiger partial charge in [0.2, 0.25) is 41.4 Å². The van der Waals surface area contributed by atoms with Gasteiger partial charge in [0.1, 0.15) is 48.0 Å². The van der Waals surface area contributed by atoms with Crippen molar-refractivity contribution >= 4 is 59.2 Å². The number of phenols is 1. The number of nitrogens with one attached hydrogen (secondary N) is 7. The summed E-state index contributed by atoms with van der Waals surface area (Å²) in [5.74, 6) is -10.1. The van der Waals surface area contributed by atoms with Gasteiger partial charge in [0.15, 0.2) is 5.96 Å². The number of aliphatic carboxylic acids is 2. The van der Waals surface area contributed by atoms with Crippen molar-refractivity contribution in [2.75, 3.05) is 13.1 Å². The van der Waals surface area contributed by atoms with Gasteiger partial charge in [-0.15, -0.1) is 0 Å². The van der Waals surface area contributed by atoms with Crippen LogP contribution in [0.5, 0.6) is 5.75 Å². The van der Waals surface area contributed by atoms with Gasteiger partial charge in [0.25, 0.3) is 0 Å². The number of carbonyl (C=O) groups excluding carboxylic acids is 7. The Morgan fingerprint density at radius 1 is 0.659 bits per heavy atom. The number of carboxylic acids is 2. The Morgan fingerprint density at radius 2 is 1.17 bits per heavy atom. The average Bonchev–Trinajstić information content (AvgIpc) is 4.08. The second-order valence-electron chi connectivity index (χ2n) is 19.2. The number of rotatable bonds is 29. The number of aromatic nitrogens is 2. The molecular formula is C55H90N12O12Y9+2. The second kappa shape index (κ2) is 59.0. The number of H-pyrrole nitrogens is 1. The predicted octanol–water partition coefficient (Wildman–Crippen LogP) is 2.74. The topological polar surface area (TPSA) is 383 Å². The summed E-state index contributed by atoms with van der Waals surface area (Å²) in [5, 5.41) is 45.4. The number of hydrogen-bond donors (Lipinski definition) is 12. The van der Waals surface area contributed by atoms with E-state index in [0.29, 0.717) is 29.7 Å². The third-order valence-electron chi connectivity index (χ3n) is 12.9. The zero-order chi connectivity index (χ0) is 55.4. The van der Waals surface area contributed by atoms with E-state index in [1.165, 1.54) is 48.6 Å². The van der Waals surface area contributed by atoms with E-state index in [2.05, 4.69) is 46.9 Å². The van der Waals surface area contributed by atoms with Crippen LogP contribution in [0.1, 0.15) is 123 Å². The molecule has 9 atom stereocenters. The number of nitrogens with two attached hydrogens (primary N) is 2. The SMILES string of the molecule is C.C.C.C.CCC(C)C(NC(=O)C(Cc1ccc(O)cc1)NC(=O)C(NC(=O)C(CCCN=C(N)N)NC(=O)C(C)CC(=O)O)C(C)C)C(=O)NC(Cc1cnc[nH]1)C(=O)N1CCCC1C(=O)NC(Cc1ccccc1)C(=O)O.[H+].[H+].[Y].[Y].[Y].[Y].[Y].[Y].[Y].[Y].[Y]. The van der Waals surface area contributed by atoms with Gasteiger partial charge in [-0.1, -0.05) is 113 Å². The quantitative estimate of drug-likeness (QED) is 0.0270. The molecule has 2 aromatic carbocycles. The molecule has 7 amide bonds. The van der Waals surface area contributed by atoms with E-state index in [1.54, 1.807) is 58.0 Å². The van der Waals surface area contributed by atoms with E-state index in [4.69, 9.17) is 11.5 Å². The van der Waals surface area contributed by atoms with Crippen LogP contribution in [-0.4, -0.2) is 145 Å². The molecule has 9 radical (unpaired) electrons. The summed E-state index contributed by atoms with van der Waals surface area (Å²) in [6, 6.07) is 5.67. The van der Waals surface area contributed by atoms with Gasteiger partial charge >= 0.3 is 14.8 Å². The maximum atomic E-state index is 14.6. The molecule has 0 aliphatic carbocycles. The van der Waals surface area contributed by atoms with Crippen LogP contribution >= 0.6 is 0 Å². The molecule has 0 saturated carbocycles. The number of aromatic amines is 1. The molecule has 467 valence electrons. The molecule has 1 aromatic heterocycles. The molecule has 3 aromatic rings. The van der Waals surface area contributed by atoms with Crippen molar-refractivity contribution in [3.05, 3.63) is 83.9 Å². The molecule has 0 spiro atoms. The first-order valence-electron chi connectivity index (χ1n) is 25.0. The van der Waals surface area contributed by atoms with Crippen molar-refractivity contribution in [2.24, 2.45) is 34.2 Å². The van der Waals surface area contributed by atoms with Crippen LogP contribution in [0, 0.1) is 17.8 Å². The Bertz CT molecular complexity index is 2510. The van der Waals surface area contributed by atoms with Crippen LogP contribution in [0.15, 0.2) is 72.1 Å². The number of carboxylic acid groups (broad SMARTS) is 2. The molecule has 2 heterocycles. The minimum absolute atomic E-state index is 0. The fraction of sp³-hybridized carbons (Fsp3) is 0.545. The number of guanidine groups is 1. The first-order valence-corrected chi connectivity index (χ1v) is 25.0. The first kappa shape index (κ1) is 111. The van der Waals surface area contributed by atoms with E-state index in [1.807, 2.05) is 0 Å². The molecule has 24 nitrogen and oxygen atoms in total. The summed E-state index contributed by atoms with van der Waals surface area (Å²) < 4.78 is 0. The summed E-state index contributed by atoms with van der Waals surface area (Å²) in [6.45, 7) is 8.38. The zero-order valence-electron chi connectivity index (χ0n) is 50.1. The van der Waals surface area contributed by atoms with E-state index < -0.39 is 120 Å². The van der Waals surface area contributed by atoms with Gasteiger partial charge in [-0.2, -0.15) is 0 Å². The summed E-state index contributed by atoms with van der Waals surface area (Å²) >= 11 is 0. The molecule has 4 rings (SSSR count). The number of hydrogen-bond acceptors (Lipinski definition) is 12. The Morgan fingerprint density at radius 3 is 1.68 bits per heavy atom. The van der Waals surface area contributed by atoms with Gasteiger partial charge < -0.3 is 68.6 Å². The first-order chi connectivity index (χ1) is 35.6. The molecule has 88 heavy (non-hydrogen) atoms. The molecule has 1 aliphatic heterocycles. The van der Waals surface area contributed by atoms with Crippen molar-refractivity contribution in [1.82, 2.24) is 46.8 Å². The Balaban J connectivity index is -0.000000406. The average molecular weight is 1910 g/mol. The molecule has 9 unspecified atom stereocenters. The summed E-state index contributed by atoms with van der Waals surface area (Å²) in [7, 11) is 0. The van der Waals surface area contributed by atoms with Crippen LogP contribution in [0.2, 0.25) is 0 Å². The standard InChI is InChI=1S/C51H72N12O12.4CH4.9Y/c1-6-29(4)42(48(72)59-37(25-33-26-54-27-56-33)49(73)63-21-11-15-39(63)46(70)60-38(50(74)75)24-31-12-8-7-9-13-31)62-45(69)36(23-32-16-18-34(64)19-17-32)58-47(71)41(28(2)3)61-44(68)35(14-10-20-55-51(52)53)57-43(67)30(5)22-40(65)66;;;;;;;;;;;;;/h7-9,12-13,16-19,26-30,35-39,41-42,64H,6,10-11,14-15,20-25H2,1-5H3,(H,54,56)(H,57,67)(H,58,71)(H,59,72)(H,60,70)(H,61,68)(H,62,69)(H,65,66)(H,74,75)(H4,52,53,55);4*1H4;;;;;;;;;/p+2. The fourth-order valence-corrected chi connectivity index (χ4v) is 8.42. The van der Waals surface area contributed by atoms with Crippen molar-refractivity contribution in [3.8, 4) is 5.75 Å². The number of aromatic hydroxyl groups is 1. The second-order valence-corrected chi connectivity index (χ2v) is 19.2. The number of imidazole rings is 1. The fourth-order valence-electron chi connectivity index (χ4n) is 8.42. The minimum Gasteiger partial charge on any atom is -0.508 e. The molecule has 1 aliphatic rings. The largest absolute Gasteiger partial charge is 1.00 e. The van der Waals surface area contributed by atoms with E-state index in [9.17, 15) is 58.5 Å². The van der Waals surface area contributed by atoms with Crippen molar-refractivity contribution in [3.63, 3.8) is 0 Å². The molecule has 1 saturated heterocycles.